The first-order valence-electron chi connectivity index (χ1n) is 6.06. The van der Waals surface area contributed by atoms with Crippen LogP contribution in [-0.4, -0.2) is 30.6 Å². The van der Waals surface area contributed by atoms with Gasteiger partial charge >= 0.3 is 0 Å². The van der Waals surface area contributed by atoms with E-state index in [9.17, 15) is 0 Å². The van der Waals surface area contributed by atoms with E-state index in [4.69, 9.17) is 11.6 Å². The lowest BCUT2D eigenvalue weighted by atomic mass is 10.0. The van der Waals surface area contributed by atoms with E-state index in [0.717, 1.165) is 24.2 Å². The first kappa shape index (κ1) is 10.6. The zero-order valence-corrected chi connectivity index (χ0v) is 10.1. The Kier molecular flexibility index (Phi) is 2.88. The second-order valence-corrected chi connectivity index (χ2v) is 5.16. The predicted molar refractivity (Wildman–Crippen MR) is 66.8 cm³/mol. The maximum absolute atomic E-state index is 6.24. The van der Waals surface area contributed by atoms with Crippen molar-refractivity contribution in [3.05, 3.63) is 34.9 Å². The van der Waals surface area contributed by atoms with Crippen LogP contribution in [0.5, 0.6) is 0 Å². The van der Waals surface area contributed by atoms with Gasteiger partial charge in [0, 0.05) is 36.7 Å². The summed E-state index contributed by atoms with van der Waals surface area (Å²) < 4.78 is 0. The molecule has 1 saturated carbocycles. The van der Waals surface area contributed by atoms with Gasteiger partial charge < -0.3 is 5.32 Å². The molecule has 3 heteroatoms. The van der Waals surface area contributed by atoms with Crippen molar-refractivity contribution in [1.29, 1.82) is 0 Å². The van der Waals surface area contributed by atoms with Gasteiger partial charge in [0.15, 0.2) is 0 Å². The Morgan fingerprint density at radius 1 is 1.25 bits per heavy atom. The molecule has 0 aromatic heterocycles. The molecule has 1 aromatic carbocycles. The molecule has 1 heterocycles. The molecule has 2 nitrogen and oxygen atoms in total. The Balaban J connectivity index is 1.76. The Bertz CT molecular complexity index is 376. The lowest BCUT2D eigenvalue weighted by Crippen LogP contribution is -2.46. The van der Waals surface area contributed by atoms with E-state index in [-0.39, 0.29) is 0 Å². The molecule has 1 aromatic rings. The minimum atomic E-state index is 0.406. The summed E-state index contributed by atoms with van der Waals surface area (Å²) in [6, 6.07) is 9.44. The fraction of sp³-hybridized carbons (Fsp3) is 0.538. The van der Waals surface area contributed by atoms with Gasteiger partial charge in [-0.05, 0) is 24.5 Å². The normalized spacial score (nSPS) is 26.9. The molecule has 1 saturated heterocycles. The van der Waals surface area contributed by atoms with Crippen molar-refractivity contribution in [2.45, 2.75) is 24.9 Å². The average molecular weight is 237 g/mol. The van der Waals surface area contributed by atoms with Crippen molar-refractivity contribution < 1.29 is 0 Å². The summed E-state index contributed by atoms with van der Waals surface area (Å²) >= 11 is 6.24. The fourth-order valence-electron chi connectivity index (χ4n) is 2.51. The van der Waals surface area contributed by atoms with Crippen LogP contribution in [0.15, 0.2) is 24.3 Å². The van der Waals surface area contributed by atoms with Crippen LogP contribution < -0.4 is 5.32 Å². The van der Waals surface area contributed by atoms with Crippen molar-refractivity contribution in [3.63, 3.8) is 0 Å². The maximum atomic E-state index is 6.24. The largest absolute Gasteiger partial charge is 0.308 e. The molecule has 1 atom stereocenters. The SMILES string of the molecule is Clc1ccccc1C1CN(C2CC2)CCN1. The molecule has 0 spiro atoms. The van der Waals surface area contributed by atoms with Gasteiger partial charge in [-0.25, -0.2) is 0 Å². The van der Waals surface area contributed by atoms with Crippen LogP contribution in [0.1, 0.15) is 24.4 Å². The topological polar surface area (TPSA) is 15.3 Å². The summed E-state index contributed by atoms with van der Waals surface area (Å²) in [7, 11) is 0. The highest BCUT2D eigenvalue weighted by atomic mass is 35.5. The average Bonchev–Trinajstić information content (AvgIpc) is 3.14. The number of piperazine rings is 1. The summed E-state index contributed by atoms with van der Waals surface area (Å²) in [6.07, 6.45) is 2.77. The van der Waals surface area contributed by atoms with E-state index >= 15 is 0 Å². The lowest BCUT2D eigenvalue weighted by Gasteiger charge is -2.34. The van der Waals surface area contributed by atoms with Crippen LogP contribution in [0, 0.1) is 0 Å². The number of benzene rings is 1. The molecule has 2 aliphatic rings. The van der Waals surface area contributed by atoms with E-state index in [1.54, 1.807) is 0 Å². The van der Waals surface area contributed by atoms with Crippen molar-refractivity contribution in [2.24, 2.45) is 0 Å². The molecule has 1 aliphatic carbocycles. The molecular weight excluding hydrogens is 220 g/mol. The summed E-state index contributed by atoms with van der Waals surface area (Å²) in [4.78, 5) is 2.60. The number of hydrogen-bond donors (Lipinski definition) is 1. The van der Waals surface area contributed by atoms with E-state index in [1.807, 2.05) is 12.1 Å². The molecule has 3 rings (SSSR count). The molecule has 86 valence electrons. The molecule has 1 unspecified atom stereocenters. The summed E-state index contributed by atoms with van der Waals surface area (Å²) in [5, 5.41) is 4.45. The quantitative estimate of drug-likeness (QED) is 0.849. The van der Waals surface area contributed by atoms with Crippen LogP contribution in [-0.2, 0) is 0 Å². The zero-order valence-electron chi connectivity index (χ0n) is 9.32. The second-order valence-electron chi connectivity index (χ2n) is 4.75. The fourth-order valence-corrected chi connectivity index (χ4v) is 2.78. The highest BCUT2D eigenvalue weighted by Gasteiger charge is 2.33. The summed E-state index contributed by atoms with van der Waals surface area (Å²) in [5.41, 5.74) is 1.24. The molecule has 2 fully saturated rings. The third-order valence-electron chi connectivity index (χ3n) is 3.55. The van der Waals surface area contributed by atoms with Crippen molar-refractivity contribution in [3.8, 4) is 0 Å². The van der Waals surface area contributed by atoms with Gasteiger partial charge in [-0.15, -0.1) is 0 Å². The first-order chi connectivity index (χ1) is 7.84. The predicted octanol–water partition coefficient (Wildman–Crippen LogP) is 2.45. The van der Waals surface area contributed by atoms with E-state index in [0.29, 0.717) is 6.04 Å². The monoisotopic (exact) mass is 236 g/mol. The van der Waals surface area contributed by atoms with Crippen LogP contribution in [0.3, 0.4) is 0 Å². The standard InChI is InChI=1S/C13H17ClN2/c14-12-4-2-1-3-11(12)13-9-16(8-7-15-13)10-5-6-10/h1-4,10,13,15H,5-9H2. The molecule has 16 heavy (non-hydrogen) atoms. The minimum absolute atomic E-state index is 0.406. The lowest BCUT2D eigenvalue weighted by molar-refractivity contribution is 0.192. The third kappa shape index (κ3) is 2.10. The Morgan fingerprint density at radius 3 is 2.81 bits per heavy atom. The number of halogens is 1. The third-order valence-corrected chi connectivity index (χ3v) is 3.89. The van der Waals surface area contributed by atoms with Gasteiger partial charge in [0.1, 0.15) is 0 Å². The Morgan fingerprint density at radius 2 is 2.06 bits per heavy atom. The van der Waals surface area contributed by atoms with Crippen molar-refractivity contribution >= 4 is 11.6 Å². The first-order valence-corrected chi connectivity index (χ1v) is 6.44. The number of rotatable bonds is 2. The Labute approximate surface area is 102 Å². The molecule has 1 N–H and O–H groups in total. The van der Waals surface area contributed by atoms with Crippen LogP contribution in [0.4, 0.5) is 0 Å². The molecule has 0 bridgehead atoms. The summed E-state index contributed by atoms with van der Waals surface area (Å²) in [5.74, 6) is 0. The van der Waals surface area contributed by atoms with Gasteiger partial charge in [0.25, 0.3) is 0 Å². The van der Waals surface area contributed by atoms with Gasteiger partial charge in [0.2, 0.25) is 0 Å². The molecule has 0 amide bonds. The molecular formula is C13H17ClN2. The van der Waals surface area contributed by atoms with E-state index < -0.39 is 0 Å². The van der Waals surface area contributed by atoms with E-state index in [2.05, 4.69) is 22.3 Å². The number of nitrogens with one attached hydrogen (secondary N) is 1. The zero-order chi connectivity index (χ0) is 11.0. The Hall–Kier alpha value is -0.570. The van der Waals surface area contributed by atoms with Crippen molar-refractivity contribution in [2.75, 3.05) is 19.6 Å². The van der Waals surface area contributed by atoms with Crippen LogP contribution in [0.2, 0.25) is 5.02 Å². The summed E-state index contributed by atoms with van der Waals surface area (Å²) in [6.45, 7) is 3.37. The minimum Gasteiger partial charge on any atom is -0.308 e. The smallest absolute Gasteiger partial charge is 0.0464 e. The number of nitrogens with zero attached hydrogens (tertiary/aromatic N) is 1. The van der Waals surface area contributed by atoms with Gasteiger partial charge in [-0.3, -0.25) is 4.90 Å². The van der Waals surface area contributed by atoms with Crippen molar-refractivity contribution in [1.82, 2.24) is 10.2 Å². The number of hydrogen-bond acceptors (Lipinski definition) is 2. The van der Waals surface area contributed by atoms with Gasteiger partial charge in [-0.1, -0.05) is 29.8 Å². The van der Waals surface area contributed by atoms with Gasteiger partial charge in [-0.2, -0.15) is 0 Å². The molecule has 0 radical (unpaired) electrons. The molecule has 1 aliphatic heterocycles. The highest BCUT2D eigenvalue weighted by molar-refractivity contribution is 6.31. The van der Waals surface area contributed by atoms with Crippen LogP contribution in [0.25, 0.3) is 0 Å². The maximum Gasteiger partial charge on any atom is 0.0464 e. The second kappa shape index (κ2) is 4.36. The van der Waals surface area contributed by atoms with Crippen LogP contribution >= 0.6 is 11.6 Å². The van der Waals surface area contributed by atoms with Gasteiger partial charge in [0.05, 0.1) is 0 Å². The highest BCUT2D eigenvalue weighted by Crippen LogP contribution is 2.31. The van der Waals surface area contributed by atoms with E-state index in [1.165, 1.54) is 24.9 Å².